The first-order valence-electron chi connectivity index (χ1n) is 6.59. The van der Waals surface area contributed by atoms with Gasteiger partial charge in [0.05, 0.1) is 11.2 Å². The Balaban J connectivity index is 2.23. The Hall–Kier alpha value is -1.55. The van der Waals surface area contributed by atoms with Crippen LogP contribution in [0, 0.1) is 6.92 Å². The van der Waals surface area contributed by atoms with Crippen molar-refractivity contribution in [1.29, 1.82) is 0 Å². The number of hydrogen-bond donors (Lipinski definition) is 1. The van der Waals surface area contributed by atoms with Crippen LogP contribution in [-0.2, 0) is 4.74 Å². The molecule has 0 amide bonds. The Kier molecular flexibility index (Phi) is 3.80. The second-order valence-corrected chi connectivity index (χ2v) is 5.48. The van der Waals surface area contributed by atoms with Crippen LogP contribution < -0.4 is 4.90 Å². The predicted octanol–water partition coefficient (Wildman–Crippen LogP) is 2.70. The molecule has 1 N–H and O–H groups in total. The van der Waals surface area contributed by atoms with Crippen LogP contribution in [0.25, 0.3) is 0 Å². The average molecular weight is 263 g/mol. The number of anilines is 1. The van der Waals surface area contributed by atoms with E-state index in [1.165, 1.54) is 0 Å². The van der Waals surface area contributed by atoms with Gasteiger partial charge in [-0.2, -0.15) is 0 Å². The molecule has 1 aliphatic rings. The SMILES string of the molecule is COC1(C)CCCN(c2ccc(C(=O)O)c(C)c2)C1. The van der Waals surface area contributed by atoms with E-state index >= 15 is 0 Å². The molecule has 1 aromatic carbocycles. The van der Waals surface area contributed by atoms with E-state index in [4.69, 9.17) is 9.84 Å². The maximum atomic E-state index is 11.0. The largest absolute Gasteiger partial charge is 0.478 e. The molecule has 0 saturated carbocycles. The van der Waals surface area contributed by atoms with Crippen molar-refractivity contribution in [2.24, 2.45) is 0 Å². The summed E-state index contributed by atoms with van der Waals surface area (Å²) in [5.41, 5.74) is 2.13. The molecule has 1 aliphatic heterocycles. The number of methoxy groups -OCH3 is 1. The molecule has 1 saturated heterocycles. The van der Waals surface area contributed by atoms with Gasteiger partial charge in [0.2, 0.25) is 0 Å². The zero-order valence-corrected chi connectivity index (χ0v) is 11.8. The van der Waals surface area contributed by atoms with Gasteiger partial charge < -0.3 is 14.7 Å². The Morgan fingerprint density at radius 3 is 2.79 bits per heavy atom. The van der Waals surface area contributed by atoms with Crippen molar-refractivity contribution in [3.63, 3.8) is 0 Å². The first-order chi connectivity index (χ1) is 8.95. The highest BCUT2D eigenvalue weighted by Gasteiger charge is 2.31. The van der Waals surface area contributed by atoms with Gasteiger partial charge in [0.1, 0.15) is 0 Å². The van der Waals surface area contributed by atoms with E-state index in [1.54, 1.807) is 13.2 Å². The lowest BCUT2D eigenvalue weighted by Gasteiger charge is -2.40. The van der Waals surface area contributed by atoms with E-state index in [2.05, 4.69) is 11.8 Å². The highest BCUT2D eigenvalue weighted by atomic mass is 16.5. The highest BCUT2D eigenvalue weighted by molar-refractivity contribution is 5.89. The third kappa shape index (κ3) is 2.89. The van der Waals surface area contributed by atoms with Crippen LogP contribution in [0.1, 0.15) is 35.7 Å². The second kappa shape index (κ2) is 5.21. The molecule has 2 rings (SSSR count). The van der Waals surface area contributed by atoms with Crippen molar-refractivity contribution in [2.75, 3.05) is 25.1 Å². The Morgan fingerprint density at radius 1 is 1.47 bits per heavy atom. The van der Waals surface area contributed by atoms with Gasteiger partial charge in [-0.15, -0.1) is 0 Å². The van der Waals surface area contributed by atoms with Gasteiger partial charge in [0, 0.05) is 25.9 Å². The van der Waals surface area contributed by atoms with E-state index in [0.717, 1.165) is 37.2 Å². The molecule has 1 fully saturated rings. The minimum atomic E-state index is -0.871. The summed E-state index contributed by atoms with van der Waals surface area (Å²) >= 11 is 0. The molecule has 1 aromatic rings. The molecule has 1 atom stereocenters. The smallest absolute Gasteiger partial charge is 0.335 e. The predicted molar refractivity (Wildman–Crippen MR) is 75.0 cm³/mol. The van der Waals surface area contributed by atoms with Crippen LogP contribution in [-0.4, -0.2) is 36.9 Å². The fraction of sp³-hybridized carbons (Fsp3) is 0.533. The fourth-order valence-electron chi connectivity index (χ4n) is 2.68. The van der Waals surface area contributed by atoms with E-state index in [1.807, 2.05) is 19.1 Å². The monoisotopic (exact) mass is 263 g/mol. The lowest BCUT2D eigenvalue weighted by molar-refractivity contribution is -0.00466. The maximum Gasteiger partial charge on any atom is 0.335 e. The van der Waals surface area contributed by atoms with Gasteiger partial charge in [-0.3, -0.25) is 0 Å². The number of nitrogens with zero attached hydrogens (tertiary/aromatic N) is 1. The molecular formula is C15H21NO3. The van der Waals surface area contributed by atoms with Gasteiger partial charge in [-0.1, -0.05) is 0 Å². The third-order valence-corrected chi connectivity index (χ3v) is 3.96. The maximum absolute atomic E-state index is 11.0. The topological polar surface area (TPSA) is 49.8 Å². The number of carboxylic acid groups (broad SMARTS) is 1. The van der Waals surface area contributed by atoms with E-state index in [-0.39, 0.29) is 5.60 Å². The molecule has 104 valence electrons. The zero-order chi connectivity index (χ0) is 14.0. The molecule has 0 aromatic heterocycles. The van der Waals surface area contributed by atoms with Crippen LogP contribution in [0.4, 0.5) is 5.69 Å². The summed E-state index contributed by atoms with van der Waals surface area (Å²) in [6.45, 7) is 5.80. The Bertz CT molecular complexity index is 486. The van der Waals surface area contributed by atoms with E-state index in [9.17, 15) is 4.79 Å². The average Bonchev–Trinajstić information content (AvgIpc) is 2.38. The Morgan fingerprint density at radius 2 is 2.21 bits per heavy atom. The number of ether oxygens (including phenoxy) is 1. The molecule has 4 nitrogen and oxygen atoms in total. The van der Waals surface area contributed by atoms with Gasteiger partial charge >= 0.3 is 5.97 Å². The van der Waals surface area contributed by atoms with Crippen molar-refractivity contribution < 1.29 is 14.6 Å². The van der Waals surface area contributed by atoms with Gasteiger partial charge in [-0.05, 0) is 50.5 Å². The molecule has 0 bridgehead atoms. The van der Waals surface area contributed by atoms with Crippen molar-refractivity contribution in [1.82, 2.24) is 0 Å². The third-order valence-electron chi connectivity index (χ3n) is 3.96. The quantitative estimate of drug-likeness (QED) is 0.911. The molecule has 1 unspecified atom stereocenters. The molecule has 1 heterocycles. The number of benzene rings is 1. The van der Waals surface area contributed by atoms with Crippen LogP contribution in [0.2, 0.25) is 0 Å². The van der Waals surface area contributed by atoms with Crippen molar-refractivity contribution in [3.8, 4) is 0 Å². The van der Waals surface area contributed by atoms with Crippen LogP contribution in [0.5, 0.6) is 0 Å². The number of rotatable bonds is 3. The number of piperidine rings is 1. The normalized spacial score (nSPS) is 23.4. The first kappa shape index (κ1) is 13.9. The van der Waals surface area contributed by atoms with Crippen molar-refractivity contribution >= 4 is 11.7 Å². The minimum Gasteiger partial charge on any atom is -0.478 e. The summed E-state index contributed by atoms with van der Waals surface area (Å²) in [6, 6.07) is 5.52. The van der Waals surface area contributed by atoms with Crippen LogP contribution in [0.3, 0.4) is 0 Å². The standard InChI is InChI=1S/C15H21NO3/c1-11-9-12(5-6-13(11)14(17)18)16-8-4-7-15(2,10-16)19-3/h5-6,9H,4,7-8,10H2,1-3H3,(H,17,18). The summed E-state index contributed by atoms with van der Waals surface area (Å²) in [6.07, 6.45) is 2.15. The molecular weight excluding hydrogens is 242 g/mol. The molecule has 19 heavy (non-hydrogen) atoms. The zero-order valence-electron chi connectivity index (χ0n) is 11.8. The summed E-state index contributed by atoms with van der Waals surface area (Å²) in [4.78, 5) is 13.3. The second-order valence-electron chi connectivity index (χ2n) is 5.48. The summed E-state index contributed by atoms with van der Waals surface area (Å²) in [7, 11) is 1.75. The molecule has 0 aliphatic carbocycles. The summed E-state index contributed by atoms with van der Waals surface area (Å²) in [5.74, 6) is -0.871. The number of hydrogen-bond acceptors (Lipinski definition) is 3. The van der Waals surface area contributed by atoms with Gasteiger partial charge in [0.25, 0.3) is 0 Å². The minimum absolute atomic E-state index is 0.113. The Labute approximate surface area is 114 Å². The summed E-state index contributed by atoms with van der Waals surface area (Å²) in [5, 5.41) is 9.05. The van der Waals surface area contributed by atoms with E-state index < -0.39 is 5.97 Å². The number of aryl methyl sites for hydroxylation is 1. The number of carboxylic acids is 1. The molecule has 0 radical (unpaired) electrons. The van der Waals surface area contributed by atoms with Gasteiger partial charge in [-0.25, -0.2) is 4.79 Å². The lowest BCUT2D eigenvalue weighted by Crippen LogP contribution is -2.47. The van der Waals surface area contributed by atoms with Crippen molar-refractivity contribution in [3.05, 3.63) is 29.3 Å². The first-order valence-corrected chi connectivity index (χ1v) is 6.59. The summed E-state index contributed by atoms with van der Waals surface area (Å²) < 4.78 is 5.59. The molecule has 4 heteroatoms. The van der Waals surface area contributed by atoms with Crippen LogP contribution >= 0.6 is 0 Å². The van der Waals surface area contributed by atoms with Crippen molar-refractivity contribution in [2.45, 2.75) is 32.3 Å². The number of aromatic carboxylic acids is 1. The number of carbonyl (C=O) groups is 1. The molecule has 0 spiro atoms. The van der Waals surface area contributed by atoms with E-state index in [0.29, 0.717) is 5.56 Å². The lowest BCUT2D eigenvalue weighted by atomic mass is 9.94. The highest BCUT2D eigenvalue weighted by Crippen LogP contribution is 2.29. The van der Waals surface area contributed by atoms with Crippen LogP contribution in [0.15, 0.2) is 18.2 Å². The fourth-order valence-corrected chi connectivity index (χ4v) is 2.68. The van der Waals surface area contributed by atoms with Gasteiger partial charge in [0.15, 0.2) is 0 Å².